The highest BCUT2D eigenvalue weighted by atomic mass is 16.5. The quantitative estimate of drug-likeness (QED) is 0.597. The number of carbonyl (C=O) groups excluding carboxylic acids is 2. The molecule has 5 rings (SSSR count). The Morgan fingerprint density at radius 1 is 0.971 bits per heavy atom. The zero-order chi connectivity index (χ0) is 23.7. The molecule has 2 atom stereocenters. The van der Waals surface area contributed by atoms with E-state index in [1.54, 1.807) is 7.11 Å². The molecule has 5 nitrogen and oxygen atoms in total. The number of ketones is 1. The molecule has 1 saturated carbocycles. The van der Waals surface area contributed by atoms with Gasteiger partial charge in [0.15, 0.2) is 5.78 Å². The third-order valence-electron chi connectivity index (χ3n) is 7.32. The number of rotatable bonds is 5. The van der Waals surface area contributed by atoms with Crippen molar-refractivity contribution in [2.24, 2.45) is 0 Å². The Morgan fingerprint density at radius 2 is 1.71 bits per heavy atom. The van der Waals surface area contributed by atoms with Gasteiger partial charge in [-0.1, -0.05) is 42.5 Å². The van der Waals surface area contributed by atoms with Gasteiger partial charge in [0.2, 0.25) is 0 Å². The SMILES string of the molecule is COc1cccc([C@@H]2C(C(=O)OC3CCCC3)=C(C)NC3=C2C(=O)C[C@@H](c2ccccc2)C3)c1. The van der Waals surface area contributed by atoms with Crippen molar-refractivity contribution < 1.29 is 19.1 Å². The van der Waals surface area contributed by atoms with Crippen LogP contribution in [-0.2, 0) is 14.3 Å². The molecule has 34 heavy (non-hydrogen) atoms. The summed E-state index contributed by atoms with van der Waals surface area (Å²) in [5.74, 6) is 0.100. The first kappa shape index (κ1) is 22.5. The minimum absolute atomic E-state index is 0.0429. The molecular weight excluding hydrogens is 426 g/mol. The fourth-order valence-electron chi connectivity index (χ4n) is 5.65. The number of dihydropyridines is 1. The number of methoxy groups -OCH3 is 1. The van der Waals surface area contributed by atoms with Gasteiger partial charge in [-0.25, -0.2) is 4.79 Å². The van der Waals surface area contributed by atoms with E-state index in [2.05, 4.69) is 17.4 Å². The second-order valence-electron chi connectivity index (χ2n) is 9.52. The lowest BCUT2D eigenvalue weighted by Gasteiger charge is -2.37. The minimum atomic E-state index is -0.468. The highest BCUT2D eigenvalue weighted by Gasteiger charge is 2.42. The van der Waals surface area contributed by atoms with E-state index in [-0.39, 0.29) is 23.8 Å². The number of nitrogens with one attached hydrogen (secondary N) is 1. The third-order valence-corrected chi connectivity index (χ3v) is 7.32. The van der Waals surface area contributed by atoms with Crippen LogP contribution in [-0.4, -0.2) is 25.0 Å². The molecule has 2 aromatic carbocycles. The molecule has 1 fully saturated rings. The molecule has 1 aliphatic heterocycles. The van der Waals surface area contributed by atoms with E-state index < -0.39 is 5.92 Å². The first-order valence-corrected chi connectivity index (χ1v) is 12.2. The number of hydrogen-bond acceptors (Lipinski definition) is 5. The van der Waals surface area contributed by atoms with Gasteiger partial charge in [0, 0.05) is 29.3 Å². The molecule has 0 spiro atoms. The van der Waals surface area contributed by atoms with Crippen molar-refractivity contribution >= 4 is 11.8 Å². The maximum atomic E-state index is 13.7. The van der Waals surface area contributed by atoms with E-state index in [0.29, 0.717) is 23.3 Å². The van der Waals surface area contributed by atoms with Crippen LogP contribution in [0.25, 0.3) is 0 Å². The molecule has 0 amide bonds. The van der Waals surface area contributed by atoms with Crippen molar-refractivity contribution in [3.63, 3.8) is 0 Å². The van der Waals surface area contributed by atoms with Crippen molar-refractivity contribution in [3.05, 3.63) is 88.3 Å². The van der Waals surface area contributed by atoms with Crippen LogP contribution in [0.3, 0.4) is 0 Å². The molecule has 3 aliphatic rings. The van der Waals surface area contributed by atoms with Crippen LogP contribution in [0, 0.1) is 0 Å². The van der Waals surface area contributed by atoms with Gasteiger partial charge in [0.05, 0.1) is 12.7 Å². The zero-order valence-electron chi connectivity index (χ0n) is 19.8. The van der Waals surface area contributed by atoms with Gasteiger partial charge >= 0.3 is 5.97 Å². The summed E-state index contributed by atoms with van der Waals surface area (Å²) >= 11 is 0. The van der Waals surface area contributed by atoms with Gasteiger partial charge in [0.25, 0.3) is 0 Å². The standard InChI is InChI=1S/C29H31NO4/c1-18-26(29(32)34-22-12-6-7-13-22)27(20-11-8-14-23(15-20)33-2)28-24(30-18)16-21(17-25(28)31)19-9-4-3-5-10-19/h3-5,8-11,14-15,21-22,27,30H,6-7,12-13,16-17H2,1-2H3/t21-,27+/m0/s1. The maximum Gasteiger partial charge on any atom is 0.337 e. The van der Waals surface area contributed by atoms with Crippen LogP contribution in [0.4, 0.5) is 0 Å². The molecular formula is C29H31NO4. The predicted molar refractivity (Wildman–Crippen MR) is 130 cm³/mol. The summed E-state index contributed by atoms with van der Waals surface area (Å²) in [7, 11) is 1.62. The van der Waals surface area contributed by atoms with E-state index >= 15 is 0 Å². The average molecular weight is 458 g/mol. The van der Waals surface area contributed by atoms with Crippen LogP contribution in [0.15, 0.2) is 77.1 Å². The third kappa shape index (κ3) is 4.27. The van der Waals surface area contributed by atoms with Gasteiger partial charge in [-0.3, -0.25) is 4.79 Å². The Bertz CT molecular complexity index is 1160. The number of allylic oxidation sites excluding steroid dienone is 3. The lowest BCUT2D eigenvalue weighted by atomic mass is 9.71. The van der Waals surface area contributed by atoms with Crippen molar-refractivity contribution in [3.8, 4) is 5.75 Å². The molecule has 176 valence electrons. The van der Waals surface area contributed by atoms with Crippen LogP contribution in [0.2, 0.25) is 0 Å². The summed E-state index contributed by atoms with van der Waals surface area (Å²) in [5.41, 5.74) is 4.92. The fourth-order valence-corrected chi connectivity index (χ4v) is 5.65. The highest BCUT2D eigenvalue weighted by molar-refractivity contribution is 6.04. The van der Waals surface area contributed by atoms with Crippen LogP contribution in [0.1, 0.15) is 68.4 Å². The number of Topliss-reactive ketones (excluding diaryl/α,β-unsaturated/α-hetero) is 1. The predicted octanol–water partition coefficient (Wildman–Crippen LogP) is 5.54. The van der Waals surface area contributed by atoms with Gasteiger partial charge < -0.3 is 14.8 Å². The Morgan fingerprint density at radius 3 is 2.44 bits per heavy atom. The molecule has 1 heterocycles. The van der Waals surface area contributed by atoms with Gasteiger partial charge in [0.1, 0.15) is 11.9 Å². The monoisotopic (exact) mass is 457 g/mol. The number of esters is 1. The van der Waals surface area contributed by atoms with Crippen molar-refractivity contribution in [1.29, 1.82) is 0 Å². The lowest BCUT2D eigenvalue weighted by Crippen LogP contribution is -2.36. The number of hydrogen-bond donors (Lipinski definition) is 1. The number of benzene rings is 2. The summed E-state index contributed by atoms with van der Waals surface area (Å²) in [6.07, 6.45) is 5.09. The van der Waals surface area contributed by atoms with E-state index in [1.165, 1.54) is 0 Å². The topological polar surface area (TPSA) is 64.6 Å². The smallest absolute Gasteiger partial charge is 0.337 e. The second kappa shape index (κ2) is 9.49. The van der Waals surface area contributed by atoms with E-state index in [9.17, 15) is 9.59 Å². The van der Waals surface area contributed by atoms with Crippen LogP contribution >= 0.6 is 0 Å². The van der Waals surface area contributed by atoms with E-state index in [0.717, 1.165) is 54.6 Å². The Kier molecular flexibility index (Phi) is 6.27. The second-order valence-corrected chi connectivity index (χ2v) is 9.52. The Hall–Kier alpha value is -3.34. The van der Waals surface area contributed by atoms with E-state index in [1.807, 2.05) is 49.4 Å². The molecule has 0 unspecified atom stereocenters. The molecule has 0 bridgehead atoms. The summed E-state index contributed by atoms with van der Waals surface area (Å²) in [4.78, 5) is 27.2. The molecule has 0 radical (unpaired) electrons. The van der Waals surface area contributed by atoms with E-state index in [4.69, 9.17) is 9.47 Å². The molecule has 1 N–H and O–H groups in total. The van der Waals surface area contributed by atoms with Crippen molar-refractivity contribution in [1.82, 2.24) is 5.32 Å². The summed E-state index contributed by atoms with van der Waals surface area (Å²) < 4.78 is 11.4. The van der Waals surface area contributed by atoms with Gasteiger partial charge in [-0.05, 0) is 68.2 Å². The molecule has 2 aliphatic carbocycles. The summed E-state index contributed by atoms with van der Waals surface area (Å²) in [6.45, 7) is 1.92. The Balaban J connectivity index is 1.56. The lowest BCUT2D eigenvalue weighted by molar-refractivity contribution is -0.144. The minimum Gasteiger partial charge on any atom is -0.497 e. The van der Waals surface area contributed by atoms with Gasteiger partial charge in [-0.2, -0.15) is 0 Å². The molecule has 2 aromatic rings. The Labute approximate surface area is 200 Å². The number of ether oxygens (including phenoxy) is 2. The maximum absolute atomic E-state index is 13.7. The van der Waals surface area contributed by atoms with Gasteiger partial charge in [-0.15, -0.1) is 0 Å². The molecule has 5 heteroatoms. The first-order valence-electron chi connectivity index (χ1n) is 12.2. The van der Waals surface area contributed by atoms with Crippen LogP contribution < -0.4 is 10.1 Å². The fraction of sp³-hybridized carbons (Fsp3) is 0.379. The largest absolute Gasteiger partial charge is 0.497 e. The first-order chi connectivity index (χ1) is 16.5. The van der Waals surface area contributed by atoms with Crippen molar-refractivity contribution in [2.75, 3.05) is 7.11 Å². The van der Waals surface area contributed by atoms with Crippen molar-refractivity contribution in [2.45, 2.75) is 63.4 Å². The molecule has 0 aromatic heterocycles. The molecule has 0 saturated heterocycles. The normalized spacial score (nSPS) is 22.9. The summed E-state index contributed by atoms with van der Waals surface area (Å²) in [5, 5.41) is 3.44. The summed E-state index contributed by atoms with van der Waals surface area (Å²) in [6, 6.07) is 17.9. The highest BCUT2D eigenvalue weighted by Crippen LogP contribution is 2.46. The number of carbonyl (C=O) groups is 2. The zero-order valence-corrected chi connectivity index (χ0v) is 19.8. The van der Waals surface area contributed by atoms with Crippen LogP contribution in [0.5, 0.6) is 5.75 Å². The average Bonchev–Trinajstić information content (AvgIpc) is 3.36.